The Labute approximate surface area is 213 Å². The predicted molar refractivity (Wildman–Crippen MR) is 123 cm³/mol. The third-order valence-corrected chi connectivity index (χ3v) is 7.52. The van der Waals surface area contributed by atoms with E-state index in [1.165, 1.54) is 12.1 Å². The van der Waals surface area contributed by atoms with Gasteiger partial charge < -0.3 is 15.3 Å². The summed E-state index contributed by atoms with van der Waals surface area (Å²) in [7, 11) is 0. The highest BCUT2D eigenvalue weighted by Gasteiger charge is 2.62. The van der Waals surface area contributed by atoms with Crippen LogP contribution >= 0.6 is 34.8 Å². The number of hydrogen-bond acceptors (Lipinski definition) is 4. The number of aliphatic hydroxyl groups is 1. The lowest BCUT2D eigenvalue weighted by molar-refractivity contribution is -0.275. The molecule has 35 heavy (non-hydrogen) atoms. The monoisotopic (exact) mass is 552 g/mol. The highest BCUT2D eigenvalue weighted by atomic mass is 35.5. The summed E-state index contributed by atoms with van der Waals surface area (Å²) in [6.07, 6.45) is -5.17. The first-order valence-corrected chi connectivity index (χ1v) is 11.7. The van der Waals surface area contributed by atoms with Crippen molar-refractivity contribution in [1.82, 2.24) is 5.32 Å². The van der Waals surface area contributed by atoms with E-state index in [2.05, 4.69) is 10.5 Å². The Balaban J connectivity index is 1.52. The number of rotatable bonds is 6. The molecule has 1 aliphatic carbocycles. The molecule has 1 unspecified atom stereocenters. The number of nitrogens with zero attached hydrogens (tertiary/aromatic N) is 1. The molecule has 0 radical (unpaired) electrons. The zero-order valence-electron chi connectivity index (χ0n) is 17.9. The first kappa shape index (κ1) is 26.0. The van der Waals surface area contributed by atoms with Crippen molar-refractivity contribution in [2.75, 3.05) is 13.2 Å². The molecule has 0 bridgehead atoms. The number of nitrogens with one attached hydrogen (secondary N) is 1. The van der Waals surface area contributed by atoms with Crippen LogP contribution in [-0.2, 0) is 20.8 Å². The number of halogens is 7. The van der Waals surface area contributed by atoms with Gasteiger partial charge in [0.25, 0.3) is 5.60 Å². The van der Waals surface area contributed by atoms with Crippen LogP contribution in [0.3, 0.4) is 0 Å². The molecule has 1 fully saturated rings. The molecule has 2 aliphatic rings. The van der Waals surface area contributed by atoms with Crippen LogP contribution in [0.15, 0.2) is 41.6 Å². The van der Waals surface area contributed by atoms with Gasteiger partial charge in [-0.15, -0.1) is 0 Å². The Morgan fingerprint density at radius 3 is 2.26 bits per heavy atom. The van der Waals surface area contributed by atoms with E-state index >= 15 is 0 Å². The summed E-state index contributed by atoms with van der Waals surface area (Å²) in [6.45, 7) is -0.758. The maximum Gasteiger partial charge on any atom is 0.435 e. The first-order valence-electron chi connectivity index (χ1n) is 10.5. The van der Waals surface area contributed by atoms with Gasteiger partial charge in [0, 0.05) is 24.4 Å². The average Bonchev–Trinajstić information content (AvgIpc) is 3.26. The van der Waals surface area contributed by atoms with Crippen LogP contribution in [0.1, 0.15) is 36.0 Å². The Hall–Kier alpha value is -2.07. The lowest BCUT2D eigenvalue weighted by Crippen LogP contribution is -2.48. The minimum atomic E-state index is -4.85. The zero-order chi connectivity index (χ0) is 25.6. The number of oxime groups is 1. The summed E-state index contributed by atoms with van der Waals surface area (Å²) in [5, 5.41) is 16.6. The van der Waals surface area contributed by atoms with E-state index in [9.17, 15) is 27.5 Å². The molecule has 0 saturated heterocycles. The van der Waals surface area contributed by atoms with Crippen molar-refractivity contribution in [2.24, 2.45) is 11.1 Å². The number of alkyl halides is 4. The number of carbonyl (C=O) groups excluding carboxylic acids is 1. The predicted octanol–water partition coefficient (Wildman–Crippen LogP) is 5.91. The van der Waals surface area contributed by atoms with Crippen LogP contribution < -0.4 is 5.32 Å². The molecule has 2 aromatic rings. The zero-order valence-corrected chi connectivity index (χ0v) is 20.2. The third-order valence-electron chi connectivity index (χ3n) is 6.32. The van der Waals surface area contributed by atoms with Gasteiger partial charge in [0.2, 0.25) is 5.91 Å². The Bertz CT molecular complexity index is 1140. The summed E-state index contributed by atoms with van der Waals surface area (Å²) in [4.78, 5) is 16.9. The minimum absolute atomic E-state index is 0.0418. The van der Waals surface area contributed by atoms with E-state index in [0.29, 0.717) is 11.1 Å². The van der Waals surface area contributed by atoms with Gasteiger partial charge in [-0.1, -0.05) is 64.2 Å². The van der Waals surface area contributed by atoms with Gasteiger partial charge in [-0.3, -0.25) is 4.79 Å². The standard InChI is InChI=1S/C23H19Cl3F4N2O3/c24-16-7-15(8-17(25)19(16)26)22(23(28,29)30)11-18(32-35-22)12-1-3-14(4-2-12)21(34)9-13(10-21)20(33)31-6-5-27/h1-4,7-8,13,34H,5-6,9-11H2,(H,31,33). The van der Waals surface area contributed by atoms with Crippen LogP contribution in [0.5, 0.6) is 0 Å². The van der Waals surface area contributed by atoms with Crippen LogP contribution in [-0.4, -0.2) is 36.1 Å². The highest BCUT2D eigenvalue weighted by molar-refractivity contribution is 6.48. The van der Waals surface area contributed by atoms with Crippen molar-refractivity contribution in [3.63, 3.8) is 0 Å². The van der Waals surface area contributed by atoms with Gasteiger partial charge in [-0.25, -0.2) is 4.39 Å². The van der Waals surface area contributed by atoms with Gasteiger partial charge >= 0.3 is 6.18 Å². The molecule has 2 N–H and O–H groups in total. The second-order valence-electron chi connectivity index (χ2n) is 8.58. The van der Waals surface area contributed by atoms with E-state index in [0.717, 1.165) is 12.1 Å². The normalized spacial score (nSPS) is 26.1. The molecular weight excluding hydrogens is 535 g/mol. The molecule has 1 saturated carbocycles. The fourth-order valence-electron chi connectivity index (χ4n) is 4.31. The third kappa shape index (κ3) is 4.71. The van der Waals surface area contributed by atoms with Crippen molar-refractivity contribution in [3.8, 4) is 0 Å². The van der Waals surface area contributed by atoms with Crippen molar-refractivity contribution >= 4 is 46.4 Å². The van der Waals surface area contributed by atoms with E-state index < -0.39 is 36.4 Å². The van der Waals surface area contributed by atoms with E-state index in [1.54, 1.807) is 12.1 Å². The summed E-state index contributed by atoms with van der Waals surface area (Å²) in [6, 6.07) is 8.29. The largest absolute Gasteiger partial charge is 0.435 e. The maximum atomic E-state index is 14.2. The van der Waals surface area contributed by atoms with Crippen LogP contribution in [0.25, 0.3) is 0 Å². The Morgan fingerprint density at radius 2 is 1.71 bits per heavy atom. The minimum Gasteiger partial charge on any atom is -0.385 e. The topological polar surface area (TPSA) is 70.9 Å². The highest BCUT2D eigenvalue weighted by Crippen LogP contribution is 2.51. The Kier molecular flexibility index (Phi) is 7.00. The lowest BCUT2D eigenvalue weighted by atomic mass is 9.67. The van der Waals surface area contributed by atoms with Gasteiger partial charge in [-0.2, -0.15) is 13.2 Å². The SMILES string of the molecule is O=C(NCCF)C1CC(O)(c2ccc(C3=NOC(c4cc(Cl)c(Cl)c(Cl)c4)(C(F)(F)F)C3)cc2)C1. The number of benzene rings is 2. The van der Waals surface area contributed by atoms with Gasteiger partial charge in [0.05, 0.1) is 26.4 Å². The van der Waals surface area contributed by atoms with Gasteiger partial charge in [-0.05, 0) is 36.1 Å². The maximum absolute atomic E-state index is 14.2. The number of amides is 1. The number of carbonyl (C=O) groups is 1. The first-order chi connectivity index (χ1) is 16.4. The second-order valence-corrected chi connectivity index (χ2v) is 9.77. The van der Waals surface area contributed by atoms with Crippen molar-refractivity contribution in [2.45, 2.75) is 36.6 Å². The average molecular weight is 554 g/mol. The summed E-state index contributed by atoms with van der Waals surface area (Å²) in [5.74, 6) is -0.767. The fourth-order valence-corrected chi connectivity index (χ4v) is 4.91. The van der Waals surface area contributed by atoms with Gasteiger partial charge in [0.1, 0.15) is 6.67 Å². The molecule has 12 heteroatoms. The molecular formula is C23H19Cl3F4N2O3. The molecule has 2 aromatic carbocycles. The van der Waals surface area contributed by atoms with E-state index in [4.69, 9.17) is 39.6 Å². The Morgan fingerprint density at radius 1 is 1.11 bits per heavy atom. The lowest BCUT2D eigenvalue weighted by Gasteiger charge is -2.43. The molecule has 0 aromatic heterocycles. The molecule has 1 heterocycles. The van der Waals surface area contributed by atoms with Crippen molar-refractivity contribution in [3.05, 3.63) is 68.2 Å². The van der Waals surface area contributed by atoms with Crippen LogP contribution in [0.2, 0.25) is 15.1 Å². The summed E-state index contributed by atoms with van der Waals surface area (Å²) >= 11 is 17.8. The molecule has 1 atom stereocenters. The number of hydrogen-bond donors (Lipinski definition) is 2. The molecule has 1 amide bonds. The molecule has 188 valence electrons. The van der Waals surface area contributed by atoms with Gasteiger partial charge in [0.15, 0.2) is 0 Å². The van der Waals surface area contributed by atoms with Crippen LogP contribution in [0.4, 0.5) is 17.6 Å². The van der Waals surface area contributed by atoms with Crippen LogP contribution in [0, 0.1) is 5.92 Å². The summed E-state index contributed by atoms with van der Waals surface area (Å²) in [5.41, 5.74) is -3.47. The molecule has 5 nitrogen and oxygen atoms in total. The smallest absolute Gasteiger partial charge is 0.385 e. The van der Waals surface area contributed by atoms with E-state index in [1.807, 2.05) is 0 Å². The second kappa shape index (κ2) is 9.42. The van der Waals surface area contributed by atoms with Crippen molar-refractivity contribution in [1.29, 1.82) is 0 Å². The molecule has 1 aliphatic heterocycles. The van der Waals surface area contributed by atoms with Crippen molar-refractivity contribution < 1.29 is 32.3 Å². The molecule has 0 spiro atoms. The van der Waals surface area contributed by atoms with E-state index in [-0.39, 0.29) is 51.6 Å². The quantitative estimate of drug-likeness (QED) is 0.345. The molecule has 4 rings (SSSR count). The fraction of sp³-hybridized carbons (Fsp3) is 0.391. The summed E-state index contributed by atoms with van der Waals surface area (Å²) < 4.78 is 54.8.